The average Bonchev–Trinajstić information content (AvgIpc) is 2.90. The number of aryl methyl sites for hydroxylation is 2. The van der Waals surface area contributed by atoms with Crippen LogP contribution < -0.4 is 14.8 Å². The standard InChI is InChI=1S/C30H36N2O4/c1-5-16-31-30(34)27(19-24-10-7-6-8-11-24)32(20-25-12-9-13-26(18-25)35-4)29(33)21-36-28-17-22(2)14-15-23(28)3/h6-15,17-18,27H,5,16,19-21H2,1-4H3,(H,31,34). The van der Waals surface area contributed by atoms with Crippen LogP contribution in [0.15, 0.2) is 72.8 Å². The molecular formula is C30H36N2O4. The van der Waals surface area contributed by atoms with Crippen molar-refractivity contribution >= 4 is 11.8 Å². The zero-order valence-electron chi connectivity index (χ0n) is 21.6. The minimum absolute atomic E-state index is 0.166. The highest BCUT2D eigenvalue weighted by molar-refractivity contribution is 5.88. The molecule has 0 bridgehead atoms. The smallest absolute Gasteiger partial charge is 0.261 e. The maximum absolute atomic E-state index is 13.7. The lowest BCUT2D eigenvalue weighted by Crippen LogP contribution is -2.51. The summed E-state index contributed by atoms with van der Waals surface area (Å²) in [6, 6.07) is 22.5. The summed E-state index contributed by atoms with van der Waals surface area (Å²) in [5, 5.41) is 2.99. The number of carbonyl (C=O) groups excluding carboxylic acids is 2. The number of hydrogen-bond acceptors (Lipinski definition) is 4. The number of methoxy groups -OCH3 is 1. The highest BCUT2D eigenvalue weighted by Crippen LogP contribution is 2.21. The number of carbonyl (C=O) groups is 2. The van der Waals surface area contributed by atoms with Crippen molar-refractivity contribution in [3.05, 3.63) is 95.1 Å². The quantitative estimate of drug-likeness (QED) is 0.396. The SMILES string of the molecule is CCCNC(=O)C(Cc1ccccc1)N(Cc1cccc(OC)c1)C(=O)COc1cc(C)ccc1C. The summed E-state index contributed by atoms with van der Waals surface area (Å²) in [4.78, 5) is 28.7. The van der Waals surface area contributed by atoms with Crippen molar-refractivity contribution in [3.8, 4) is 11.5 Å². The second-order valence-corrected chi connectivity index (χ2v) is 8.93. The predicted octanol–water partition coefficient (Wildman–Crippen LogP) is 4.86. The van der Waals surface area contributed by atoms with Gasteiger partial charge in [-0.15, -0.1) is 0 Å². The van der Waals surface area contributed by atoms with Crippen molar-refractivity contribution in [1.29, 1.82) is 0 Å². The van der Waals surface area contributed by atoms with Crippen LogP contribution in [0.1, 0.15) is 35.6 Å². The van der Waals surface area contributed by atoms with Crippen LogP contribution in [0, 0.1) is 13.8 Å². The molecular weight excluding hydrogens is 452 g/mol. The van der Waals surface area contributed by atoms with Gasteiger partial charge in [0.15, 0.2) is 6.61 Å². The van der Waals surface area contributed by atoms with Gasteiger partial charge >= 0.3 is 0 Å². The molecule has 0 saturated heterocycles. The van der Waals surface area contributed by atoms with Gasteiger partial charge in [0, 0.05) is 19.5 Å². The normalized spacial score (nSPS) is 11.4. The molecule has 3 aromatic carbocycles. The molecule has 190 valence electrons. The zero-order valence-corrected chi connectivity index (χ0v) is 21.6. The minimum atomic E-state index is -0.695. The van der Waals surface area contributed by atoms with Crippen molar-refractivity contribution in [2.45, 2.75) is 46.2 Å². The van der Waals surface area contributed by atoms with Crippen LogP contribution in [0.5, 0.6) is 11.5 Å². The van der Waals surface area contributed by atoms with Crippen LogP contribution in [0.25, 0.3) is 0 Å². The fourth-order valence-electron chi connectivity index (χ4n) is 3.97. The fourth-order valence-corrected chi connectivity index (χ4v) is 3.97. The third-order valence-corrected chi connectivity index (χ3v) is 6.00. The van der Waals surface area contributed by atoms with Crippen LogP contribution in [-0.4, -0.2) is 43.0 Å². The second kappa shape index (κ2) is 13.3. The van der Waals surface area contributed by atoms with Gasteiger partial charge in [-0.25, -0.2) is 0 Å². The Labute approximate surface area is 214 Å². The van der Waals surface area contributed by atoms with Crippen molar-refractivity contribution < 1.29 is 19.1 Å². The fraction of sp³-hybridized carbons (Fsp3) is 0.333. The Morgan fingerprint density at radius 1 is 0.944 bits per heavy atom. The maximum atomic E-state index is 13.7. The highest BCUT2D eigenvalue weighted by atomic mass is 16.5. The molecule has 0 radical (unpaired) electrons. The molecule has 0 heterocycles. The number of amides is 2. The summed E-state index contributed by atoms with van der Waals surface area (Å²) >= 11 is 0. The van der Waals surface area contributed by atoms with Gasteiger partial charge in [-0.05, 0) is 60.7 Å². The Balaban J connectivity index is 1.92. The van der Waals surface area contributed by atoms with Gasteiger partial charge in [-0.1, -0.05) is 61.5 Å². The first-order valence-corrected chi connectivity index (χ1v) is 12.3. The molecule has 3 rings (SSSR count). The van der Waals surface area contributed by atoms with Gasteiger partial charge in [0.05, 0.1) is 7.11 Å². The Bertz CT molecular complexity index is 1150. The third-order valence-electron chi connectivity index (χ3n) is 6.00. The molecule has 6 heteroatoms. The first kappa shape index (κ1) is 26.8. The highest BCUT2D eigenvalue weighted by Gasteiger charge is 2.30. The van der Waals surface area contributed by atoms with E-state index in [9.17, 15) is 9.59 Å². The first-order valence-electron chi connectivity index (χ1n) is 12.3. The van der Waals surface area contributed by atoms with Crippen molar-refractivity contribution in [1.82, 2.24) is 10.2 Å². The minimum Gasteiger partial charge on any atom is -0.497 e. The van der Waals surface area contributed by atoms with E-state index in [1.165, 1.54) is 0 Å². The lowest BCUT2D eigenvalue weighted by Gasteiger charge is -2.31. The molecule has 36 heavy (non-hydrogen) atoms. The molecule has 1 atom stereocenters. The lowest BCUT2D eigenvalue weighted by atomic mass is 10.0. The molecule has 1 unspecified atom stereocenters. The molecule has 1 N–H and O–H groups in total. The zero-order chi connectivity index (χ0) is 25.9. The van der Waals surface area contributed by atoms with Crippen LogP contribution in [0.3, 0.4) is 0 Å². The van der Waals surface area contributed by atoms with Crippen molar-refractivity contribution in [2.75, 3.05) is 20.3 Å². The Morgan fingerprint density at radius 3 is 2.42 bits per heavy atom. The topological polar surface area (TPSA) is 67.9 Å². The lowest BCUT2D eigenvalue weighted by molar-refractivity contribution is -0.142. The van der Waals surface area contributed by atoms with E-state index >= 15 is 0 Å². The number of rotatable bonds is 12. The molecule has 0 aliphatic rings. The summed E-state index contributed by atoms with van der Waals surface area (Å²) < 4.78 is 11.3. The van der Waals surface area contributed by atoms with E-state index in [1.54, 1.807) is 12.0 Å². The van der Waals surface area contributed by atoms with E-state index in [0.29, 0.717) is 24.5 Å². The predicted molar refractivity (Wildman–Crippen MR) is 142 cm³/mol. The number of nitrogens with zero attached hydrogens (tertiary/aromatic N) is 1. The van der Waals surface area contributed by atoms with E-state index in [1.807, 2.05) is 93.6 Å². The molecule has 2 amide bonds. The monoisotopic (exact) mass is 488 g/mol. The van der Waals surface area contributed by atoms with Gasteiger partial charge in [-0.3, -0.25) is 9.59 Å². The van der Waals surface area contributed by atoms with E-state index < -0.39 is 6.04 Å². The van der Waals surface area contributed by atoms with Crippen LogP contribution in [-0.2, 0) is 22.6 Å². The van der Waals surface area contributed by atoms with E-state index in [2.05, 4.69) is 5.32 Å². The molecule has 0 saturated carbocycles. The molecule has 0 aliphatic carbocycles. The van der Waals surface area contributed by atoms with Gasteiger partial charge in [0.25, 0.3) is 5.91 Å². The second-order valence-electron chi connectivity index (χ2n) is 8.93. The number of hydrogen-bond donors (Lipinski definition) is 1. The largest absolute Gasteiger partial charge is 0.497 e. The average molecular weight is 489 g/mol. The van der Waals surface area contributed by atoms with Gasteiger partial charge in [-0.2, -0.15) is 0 Å². The maximum Gasteiger partial charge on any atom is 0.261 e. The summed E-state index contributed by atoms with van der Waals surface area (Å²) in [7, 11) is 1.61. The van der Waals surface area contributed by atoms with Crippen LogP contribution >= 0.6 is 0 Å². The van der Waals surface area contributed by atoms with Crippen LogP contribution in [0.2, 0.25) is 0 Å². The number of ether oxygens (including phenoxy) is 2. The van der Waals surface area contributed by atoms with Crippen molar-refractivity contribution in [2.24, 2.45) is 0 Å². The molecule has 0 fully saturated rings. The Kier molecular flexibility index (Phi) is 9.92. The molecule has 3 aromatic rings. The van der Waals surface area contributed by atoms with E-state index in [4.69, 9.17) is 9.47 Å². The first-order chi connectivity index (χ1) is 17.4. The van der Waals surface area contributed by atoms with Crippen LogP contribution in [0.4, 0.5) is 0 Å². The summed E-state index contributed by atoms with van der Waals surface area (Å²) in [5.74, 6) is 0.927. The van der Waals surface area contributed by atoms with Crippen molar-refractivity contribution in [3.63, 3.8) is 0 Å². The van der Waals surface area contributed by atoms with Gasteiger partial charge < -0.3 is 19.7 Å². The Hall–Kier alpha value is -3.80. The number of nitrogens with one attached hydrogen (secondary N) is 1. The summed E-state index contributed by atoms with van der Waals surface area (Å²) in [6.45, 7) is 6.57. The summed E-state index contributed by atoms with van der Waals surface area (Å²) in [6.07, 6.45) is 1.21. The molecule has 0 aliphatic heterocycles. The van der Waals surface area contributed by atoms with E-state index in [-0.39, 0.29) is 25.0 Å². The van der Waals surface area contributed by atoms with Gasteiger partial charge in [0.1, 0.15) is 17.5 Å². The van der Waals surface area contributed by atoms with E-state index in [0.717, 1.165) is 28.7 Å². The molecule has 6 nitrogen and oxygen atoms in total. The third kappa shape index (κ3) is 7.60. The molecule has 0 spiro atoms. The summed E-state index contributed by atoms with van der Waals surface area (Å²) in [5.41, 5.74) is 3.86. The number of benzene rings is 3. The molecule has 0 aromatic heterocycles. The Morgan fingerprint density at radius 2 is 1.69 bits per heavy atom. The van der Waals surface area contributed by atoms with Gasteiger partial charge in [0.2, 0.25) is 5.91 Å².